The van der Waals surface area contributed by atoms with Crippen LogP contribution in [-0.2, 0) is 6.54 Å². The van der Waals surface area contributed by atoms with E-state index in [4.69, 9.17) is 0 Å². The van der Waals surface area contributed by atoms with E-state index in [0.29, 0.717) is 0 Å². The van der Waals surface area contributed by atoms with E-state index in [9.17, 15) is 5.11 Å². The van der Waals surface area contributed by atoms with Crippen LogP contribution >= 0.6 is 0 Å². The second-order valence-corrected chi connectivity index (χ2v) is 4.59. The first-order valence-electron chi connectivity index (χ1n) is 5.89. The molecule has 0 aliphatic rings. The molecule has 0 spiro atoms. The Morgan fingerprint density at radius 2 is 2.25 bits per heavy atom. The van der Waals surface area contributed by atoms with Crippen LogP contribution in [0.25, 0.3) is 0 Å². The molecule has 4 heteroatoms. The third kappa shape index (κ3) is 3.61. The highest BCUT2D eigenvalue weighted by Crippen LogP contribution is 2.13. The van der Waals surface area contributed by atoms with E-state index in [1.54, 1.807) is 0 Å². The second-order valence-electron chi connectivity index (χ2n) is 4.59. The predicted molar refractivity (Wildman–Crippen MR) is 65.4 cm³/mol. The predicted octanol–water partition coefficient (Wildman–Crippen LogP) is 1.33. The lowest BCUT2D eigenvalue weighted by Crippen LogP contribution is -2.43. The van der Waals surface area contributed by atoms with Gasteiger partial charge < -0.3 is 15.0 Å². The number of unbranched alkanes of at least 4 members (excludes halogenated alkanes) is 1. The monoisotopic (exact) mass is 225 g/mol. The number of nitrogens with one attached hydrogen (secondary N) is 1. The summed E-state index contributed by atoms with van der Waals surface area (Å²) in [7, 11) is 1.90. The molecular weight excluding hydrogens is 202 g/mol. The zero-order chi connectivity index (χ0) is 12.0. The van der Waals surface area contributed by atoms with E-state index in [2.05, 4.69) is 21.8 Å². The molecule has 0 amide bonds. The molecule has 1 aromatic heterocycles. The number of aromatic nitrogens is 2. The molecule has 0 aliphatic heterocycles. The van der Waals surface area contributed by atoms with Gasteiger partial charge in [0.15, 0.2) is 0 Å². The van der Waals surface area contributed by atoms with Crippen LogP contribution in [0.2, 0.25) is 0 Å². The molecule has 0 bridgehead atoms. The van der Waals surface area contributed by atoms with Crippen molar-refractivity contribution in [3.8, 4) is 0 Å². The van der Waals surface area contributed by atoms with E-state index >= 15 is 0 Å². The zero-order valence-corrected chi connectivity index (χ0v) is 10.5. The highest BCUT2D eigenvalue weighted by atomic mass is 16.3. The number of rotatable bonds is 7. The number of aliphatic hydroxyl groups excluding tert-OH is 1. The van der Waals surface area contributed by atoms with Gasteiger partial charge >= 0.3 is 0 Å². The number of nitrogens with zero attached hydrogens (tertiary/aromatic N) is 2. The number of hydrogen-bond donors (Lipinski definition) is 2. The molecule has 92 valence electrons. The number of aryl methyl sites for hydroxylation is 2. The van der Waals surface area contributed by atoms with E-state index < -0.39 is 0 Å². The van der Waals surface area contributed by atoms with Crippen molar-refractivity contribution in [3.05, 3.63) is 18.2 Å². The van der Waals surface area contributed by atoms with Gasteiger partial charge in [-0.05, 0) is 40.2 Å². The van der Waals surface area contributed by atoms with E-state index in [1.165, 1.54) is 0 Å². The summed E-state index contributed by atoms with van der Waals surface area (Å²) >= 11 is 0. The summed E-state index contributed by atoms with van der Waals surface area (Å²) in [4.78, 5) is 4.19. The van der Waals surface area contributed by atoms with Gasteiger partial charge in [0.05, 0.1) is 6.61 Å². The van der Waals surface area contributed by atoms with Crippen molar-refractivity contribution in [1.29, 1.82) is 0 Å². The lowest BCUT2D eigenvalue weighted by Gasteiger charge is -2.26. The van der Waals surface area contributed by atoms with Crippen LogP contribution in [0.15, 0.2) is 12.4 Å². The van der Waals surface area contributed by atoms with Crippen LogP contribution in [0.3, 0.4) is 0 Å². The van der Waals surface area contributed by atoms with Crippen molar-refractivity contribution in [2.75, 3.05) is 13.7 Å². The van der Waals surface area contributed by atoms with Crippen LogP contribution in [0.4, 0.5) is 0 Å². The van der Waals surface area contributed by atoms with Gasteiger partial charge in [0.25, 0.3) is 0 Å². The first-order valence-corrected chi connectivity index (χ1v) is 5.89. The van der Waals surface area contributed by atoms with Gasteiger partial charge in [-0.3, -0.25) is 0 Å². The maximum absolute atomic E-state index is 9.23. The van der Waals surface area contributed by atoms with Gasteiger partial charge in [-0.2, -0.15) is 0 Å². The molecule has 0 fully saturated rings. The number of likely N-dealkylation sites (N-methyl/N-ethyl adjacent to an activating group) is 1. The summed E-state index contributed by atoms with van der Waals surface area (Å²) in [5.74, 6) is 1.07. The molecule has 0 aromatic carbocycles. The van der Waals surface area contributed by atoms with E-state index in [1.807, 2.05) is 26.4 Å². The summed E-state index contributed by atoms with van der Waals surface area (Å²) in [5.41, 5.74) is -0.135. The minimum absolute atomic E-state index is 0.135. The van der Waals surface area contributed by atoms with E-state index in [-0.39, 0.29) is 12.1 Å². The maximum Gasteiger partial charge on any atom is 0.105 e. The lowest BCUT2D eigenvalue weighted by molar-refractivity contribution is 0.170. The summed E-state index contributed by atoms with van der Waals surface area (Å²) in [5, 5.41) is 12.4. The highest BCUT2D eigenvalue weighted by Gasteiger charge is 2.19. The Bertz CT molecular complexity index is 305. The summed E-state index contributed by atoms with van der Waals surface area (Å²) in [6, 6.07) is 0. The Hall–Kier alpha value is -0.870. The number of imidazole rings is 1. The fourth-order valence-corrected chi connectivity index (χ4v) is 1.72. The first-order chi connectivity index (χ1) is 7.61. The fraction of sp³-hybridized carbons (Fsp3) is 0.750. The van der Waals surface area contributed by atoms with Gasteiger partial charge in [-0.1, -0.05) is 0 Å². The number of hydrogen-bond acceptors (Lipinski definition) is 3. The highest BCUT2D eigenvalue weighted by molar-refractivity contribution is 4.88. The molecular formula is C12H23N3O. The van der Waals surface area contributed by atoms with E-state index in [0.717, 1.165) is 31.6 Å². The molecule has 16 heavy (non-hydrogen) atoms. The van der Waals surface area contributed by atoms with Crippen molar-refractivity contribution >= 4 is 0 Å². The normalized spacial score (nSPS) is 15.0. The Morgan fingerprint density at radius 3 is 2.75 bits per heavy atom. The number of aliphatic hydroxyl groups is 1. The Balaban J connectivity index is 2.24. The summed E-state index contributed by atoms with van der Waals surface area (Å²) in [6.07, 6.45) is 7.07. The molecule has 0 radical (unpaired) electrons. The molecule has 1 atom stereocenters. The molecule has 1 rings (SSSR count). The van der Waals surface area contributed by atoms with Crippen LogP contribution in [0.5, 0.6) is 0 Å². The van der Waals surface area contributed by atoms with Gasteiger partial charge in [0, 0.05) is 24.5 Å². The molecule has 0 aliphatic carbocycles. The van der Waals surface area contributed by atoms with Crippen LogP contribution in [0.1, 0.15) is 32.0 Å². The largest absolute Gasteiger partial charge is 0.394 e. The Labute approximate surface area is 97.7 Å². The molecule has 1 aromatic rings. The fourth-order valence-electron chi connectivity index (χ4n) is 1.72. The Morgan fingerprint density at radius 1 is 1.50 bits per heavy atom. The maximum atomic E-state index is 9.23. The van der Waals surface area contributed by atoms with Crippen LogP contribution in [-0.4, -0.2) is 33.9 Å². The SMILES string of the molecule is CNC(C)(CO)CCCCn1ccnc1C. The van der Waals surface area contributed by atoms with Gasteiger partial charge in [-0.25, -0.2) is 4.98 Å². The average Bonchev–Trinajstić information content (AvgIpc) is 2.70. The van der Waals surface area contributed by atoms with Gasteiger partial charge in [0.2, 0.25) is 0 Å². The lowest BCUT2D eigenvalue weighted by atomic mass is 9.96. The Kier molecular flexibility index (Phi) is 4.96. The molecule has 4 nitrogen and oxygen atoms in total. The van der Waals surface area contributed by atoms with Crippen LogP contribution in [0, 0.1) is 6.92 Å². The molecule has 1 unspecified atom stereocenters. The molecule has 2 N–H and O–H groups in total. The zero-order valence-electron chi connectivity index (χ0n) is 10.5. The summed E-state index contributed by atoms with van der Waals surface area (Å²) in [6.45, 7) is 5.27. The van der Waals surface area contributed by atoms with Gasteiger partial charge in [0.1, 0.15) is 5.82 Å². The molecule has 1 heterocycles. The molecule has 0 saturated carbocycles. The minimum atomic E-state index is -0.135. The quantitative estimate of drug-likeness (QED) is 0.688. The smallest absolute Gasteiger partial charge is 0.105 e. The second kappa shape index (κ2) is 6.01. The molecule has 0 saturated heterocycles. The van der Waals surface area contributed by atoms with Crippen molar-refractivity contribution in [1.82, 2.24) is 14.9 Å². The third-order valence-corrected chi connectivity index (χ3v) is 3.25. The third-order valence-electron chi connectivity index (χ3n) is 3.25. The van der Waals surface area contributed by atoms with Crippen molar-refractivity contribution in [3.63, 3.8) is 0 Å². The van der Waals surface area contributed by atoms with Crippen LogP contribution < -0.4 is 5.32 Å². The topological polar surface area (TPSA) is 50.1 Å². The van der Waals surface area contributed by atoms with Crippen molar-refractivity contribution in [2.24, 2.45) is 0 Å². The summed E-state index contributed by atoms with van der Waals surface area (Å²) < 4.78 is 2.16. The average molecular weight is 225 g/mol. The minimum Gasteiger partial charge on any atom is -0.394 e. The van der Waals surface area contributed by atoms with Crippen molar-refractivity contribution < 1.29 is 5.11 Å². The van der Waals surface area contributed by atoms with Crippen molar-refractivity contribution in [2.45, 2.75) is 45.2 Å². The standard InChI is InChI=1S/C12H23N3O/c1-11-14-7-9-15(11)8-5-4-6-12(2,10-16)13-3/h7,9,13,16H,4-6,8,10H2,1-3H3. The van der Waals surface area contributed by atoms with Gasteiger partial charge in [-0.15, -0.1) is 0 Å². The first kappa shape index (κ1) is 13.2.